The summed E-state index contributed by atoms with van der Waals surface area (Å²) in [5, 5.41) is 0.979. The van der Waals surface area contributed by atoms with Crippen LogP contribution in [0.25, 0.3) is 0 Å². The minimum atomic E-state index is 0.0693. The molecule has 0 aliphatic carbocycles. The summed E-state index contributed by atoms with van der Waals surface area (Å²) in [6.45, 7) is 4.21. The first-order chi connectivity index (χ1) is 11.3. The van der Waals surface area contributed by atoms with Crippen LogP contribution in [0.15, 0.2) is 36.5 Å². The number of aromatic nitrogens is 1. The molecule has 2 heterocycles. The average Bonchev–Trinajstić information content (AvgIpc) is 3.25. The van der Waals surface area contributed by atoms with Crippen molar-refractivity contribution in [2.75, 3.05) is 19.7 Å². The van der Waals surface area contributed by atoms with E-state index in [4.69, 9.17) is 4.74 Å². The molecule has 1 aromatic heterocycles. The smallest absolute Gasteiger partial charge is 0.265 e. The van der Waals surface area contributed by atoms with Crippen molar-refractivity contribution in [1.29, 1.82) is 0 Å². The maximum atomic E-state index is 12.7. The zero-order valence-electron chi connectivity index (χ0n) is 13.4. The van der Waals surface area contributed by atoms with Crippen LogP contribution < -0.4 is 0 Å². The maximum absolute atomic E-state index is 12.7. The molecular formula is C18H22N2O2S. The van der Waals surface area contributed by atoms with Crippen LogP contribution in [0.4, 0.5) is 0 Å². The number of rotatable bonds is 6. The molecule has 3 rings (SSSR count). The standard InChI is InChI=1S/C18H22N2O2S/c1-2-20(13-15-9-6-10-22-15)18(21)16-12-19-17(23-16)11-14-7-4-3-5-8-14/h3-5,7-8,12,15H,2,6,9-11,13H2,1H3/t15-/m1/s1. The van der Waals surface area contributed by atoms with Crippen molar-refractivity contribution < 1.29 is 9.53 Å². The number of hydrogen-bond acceptors (Lipinski definition) is 4. The highest BCUT2D eigenvalue weighted by atomic mass is 32.1. The van der Waals surface area contributed by atoms with E-state index < -0.39 is 0 Å². The summed E-state index contributed by atoms with van der Waals surface area (Å²) >= 11 is 1.49. The van der Waals surface area contributed by atoms with Gasteiger partial charge in [0, 0.05) is 26.1 Å². The van der Waals surface area contributed by atoms with Gasteiger partial charge in [0.05, 0.1) is 17.3 Å². The lowest BCUT2D eigenvalue weighted by molar-refractivity contribution is 0.0542. The number of hydrogen-bond donors (Lipinski definition) is 0. The molecule has 0 saturated carbocycles. The van der Waals surface area contributed by atoms with Gasteiger partial charge in [0.25, 0.3) is 5.91 Å². The maximum Gasteiger partial charge on any atom is 0.265 e. The summed E-state index contributed by atoms with van der Waals surface area (Å²) in [6.07, 6.45) is 4.82. The van der Waals surface area contributed by atoms with Crippen LogP contribution in [-0.4, -0.2) is 41.6 Å². The number of carbonyl (C=O) groups excluding carboxylic acids is 1. The molecule has 1 fully saturated rings. The van der Waals surface area contributed by atoms with E-state index in [0.29, 0.717) is 13.1 Å². The van der Waals surface area contributed by atoms with Gasteiger partial charge in [-0.1, -0.05) is 30.3 Å². The van der Waals surface area contributed by atoms with Crippen LogP contribution in [0.2, 0.25) is 0 Å². The van der Waals surface area contributed by atoms with Gasteiger partial charge in [-0.25, -0.2) is 4.98 Å². The molecule has 1 aromatic carbocycles. The summed E-state index contributed by atoms with van der Waals surface area (Å²) in [5.74, 6) is 0.0693. The van der Waals surface area contributed by atoms with Crippen molar-refractivity contribution in [2.24, 2.45) is 0 Å². The van der Waals surface area contributed by atoms with Crippen LogP contribution in [0.5, 0.6) is 0 Å². The SMILES string of the molecule is CCN(C[C@H]1CCCO1)C(=O)c1cnc(Cc2ccccc2)s1. The Morgan fingerprint density at radius 1 is 1.39 bits per heavy atom. The Bertz CT molecular complexity index is 635. The first-order valence-corrected chi connectivity index (χ1v) is 8.97. The molecule has 2 aromatic rings. The molecule has 0 bridgehead atoms. The fraction of sp³-hybridized carbons (Fsp3) is 0.444. The molecule has 1 aliphatic rings. The summed E-state index contributed by atoms with van der Waals surface area (Å²) in [5.41, 5.74) is 1.22. The normalized spacial score (nSPS) is 17.3. The predicted molar refractivity (Wildman–Crippen MR) is 91.9 cm³/mol. The van der Waals surface area contributed by atoms with Crippen molar-refractivity contribution in [2.45, 2.75) is 32.3 Å². The van der Waals surface area contributed by atoms with Gasteiger partial charge in [-0.15, -0.1) is 11.3 Å². The third kappa shape index (κ3) is 4.18. The van der Waals surface area contributed by atoms with Gasteiger partial charge < -0.3 is 9.64 Å². The lowest BCUT2D eigenvalue weighted by Crippen LogP contribution is -2.36. The Morgan fingerprint density at radius 2 is 2.22 bits per heavy atom. The van der Waals surface area contributed by atoms with Gasteiger partial charge in [-0.3, -0.25) is 4.79 Å². The van der Waals surface area contributed by atoms with E-state index in [0.717, 1.165) is 35.8 Å². The van der Waals surface area contributed by atoms with Gasteiger partial charge in [0.1, 0.15) is 4.88 Å². The minimum absolute atomic E-state index is 0.0693. The zero-order chi connectivity index (χ0) is 16.1. The summed E-state index contributed by atoms with van der Waals surface area (Å²) in [7, 11) is 0. The second kappa shape index (κ2) is 7.70. The fourth-order valence-corrected chi connectivity index (χ4v) is 3.73. The number of amides is 1. The van der Waals surface area contributed by atoms with Crippen LogP contribution in [0.3, 0.4) is 0 Å². The first kappa shape index (κ1) is 16.1. The average molecular weight is 330 g/mol. The molecule has 0 spiro atoms. The molecule has 0 N–H and O–H groups in total. The van der Waals surface area contributed by atoms with E-state index in [2.05, 4.69) is 17.1 Å². The minimum Gasteiger partial charge on any atom is -0.376 e. The zero-order valence-corrected chi connectivity index (χ0v) is 14.2. The van der Waals surface area contributed by atoms with Gasteiger partial charge in [-0.2, -0.15) is 0 Å². The summed E-state index contributed by atoms with van der Waals surface area (Å²) in [4.78, 5) is 19.7. The largest absolute Gasteiger partial charge is 0.376 e. The predicted octanol–water partition coefficient (Wildman–Crippen LogP) is 3.38. The summed E-state index contributed by atoms with van der Waals surface area (Å²) in [6, 6.07) is 10.2. The molecule has 0 unspecified atom stereocenters. The molecule has 0 radical (unpaired) electrons. The van der Waals surface area contributed by atoms with Gasteiger partial charge in [0.15, 0.2) is 0 Å². The lowest BCUT2D eigenvalue weighted by atomic mass is 10.2. The van der Waals surface area contributed by atoms with Gasteiger partial charge >= 0.3 is 0 Å². The highest BCUT2D eigenvalue weighted by Crippen LogP contribution is 2.20. The van der Waals surface area contributed by atoms with Gasteiger partial charge in [0.2, 0.25) is 0 Å². The topological polar surface area (TPSA) is 42.4 Å². The molecule has 5 heteroatoms. The molecule has 4 nitrogen and oxygen atoms in total. The monoisotopic (exact) mass is 330 g/mol. The lowest BCUT2D eigenvalue weighted by Gasteiger charge is -2.23. The second-order valence-electron chi connectivity index (χ2n) is 5.76. The number of likely N-dealkylation sites (N-methyl/N-ethyl adjacent to an activating group) is 1. The third-order valence-electron chi connectivity index (χ3n) is 4.08. The molecule has 1 amide bonds. The van der Waals surface area contributed by atoms with E-state index in [1.807, 2.05) is 30.0 Å². The Hall–Kier alpha value is -1.72. The third-order valence-corrected chi connectivity index (χ3v) is 5.06. The molecular weight excluding hydrogens is 308 g/mol. The number of nitrogens with zero attached hydrogens (tertiary/aromatic N) is 2. The van der Waals surface area contributed by atoms with Crippen molar-refractivity contribution in [1.82, 2.24) is 9.88 Å². The molecule has 1 aliphatic heterocycles. The van der Waals surface area contributed by atoms with E-state index in [1.54, 1.807) is 6.20 Å². The highest BCUT2D eigenvalue weighted by Gasteiger charge is 2.23. The highest BCUT2D eigenvalue weighted by molar-refractivity contribution is 7.13. The molecule has 122 valence electrons. The van der Waals surface area contributed by atoms with E-state index >= 15 is 0 Å². The number of benzene rings is 1. The Labute approximate surface area is 141 Å². The van der Waals surface area contributed by atoms with Crippen LogP contribution in [0.1, 0.15) is 40.0 Å². The van der Waals surface area contributed by atoms with Crippen LogP contribution in [0, 0.1) is 0 Å². The molecule has 23 heavy (non-hydrogen) atoms. The number of thiazole rings is 1. The number of ether oxygens (including phenoxy) is 1. The van der Waals surface area contributed by atoms with E-state index in [9.17, 15) is 4.79 Å². The van der Waals surface area contributed by atoms with Crippen molar-refractivity contribution in [3.05, 3.63) is 52.0 Å². The first-order valence-electron chi connectivity index (χ1n) is 8.15. The van der Waals surface area contributed by atoms with E-state index in [1.165, 1.54) is 16.9 Å². The molecule has 1 atom stereocenters. The quantitative estimate of drug-likeness (QED) is 0.815. The Balaban J connectivity index is 1.64. The second-order valence-corrected chi connectivity index (χ2v) is 6.87. The Morgan fingerprint density at radius 3 is 2.91 bits per heavy atom. The summed E-state index contributed by atoms with van der Waals surface area (Å²) < 4.78 is 5.65. The van der Waals surface area contributed by atoms with E-state index in [-0.39, 0.29) is 12.0 Å². The Kier molecular flexibility index (Phi) is 5.41. The molecule has 1 saturated heterocycles. The number of carbonyl (C=O) groups is 1. The fourth-order valence-electron chi connectivity index (χ4n) is 2.81. The van der Waals surface area contributed by atoms with Gasteiger partial charge in [-0.05, 0) is 25.3 Å². The van der Waals surface area contributed by atoms with Crippen molar-refractivity contribution in [3.63, 3.8) is 0 Å². The van der Waals surface area contributed by atoms with Crippen molar-refractivity contribution >= 4 is 17.2 Å². The van der Waals surface area contributed by atoms with Crippen LogP contribution >= 0.6 is 11.3 Å². The van der Waals surface area contributed by atoms with Crippen molar-refractivity contribution in [3.8, 4) is 0 Å². The van der Waals surface area contributed by atoms with Crippen LogP contribution in [-0.2, 0) is 11.2 Å².